The van der Waals surface area contributed by atoms with Gasteiger partial charge in [0.2, 0.25) is 0 Å². The molecule has 0 fully saturated rings. The first-order valence-electron chi connectivity index (χ1n) is 10.6. The van der Waals surface area contributed by atoms with Crippen LogP contribution in [0.5, 0.6) is 5.75 Å². The highest BCUT2D eigenvalue weighted by atomic mass is 19.1. The summed E-state index contributed by atoms with van der Waals surface area (Å²) in [6.07, 6.45) is 4.26. The lowest BCUT2D eigenvalue weighted by Crippen LogP contribution is -2.18. The molecule has 0 spiro atoms. The Morgan fingerprint density at radius 3 is 2.52 bits per heavy atom. The second-order valence-electron chi connectivity index (χ2n) is 7.26. The van der Waals surface area contributed by atoms with E-state index >= 15 is 0 Å². The highest BCUT2D eigenvalue weighted by Gasteiger charge is 2.13. The molecule has 0 bridgehead atoms. The summed E-state index contributed by atoms with van der Waals surface area (Å²) in [5.74, 6) is -0.442. The standard InChI is InChI=1S/C26H23FN4O2/c1-2-16-33-22-14-12-19(13-15-22)25-20(18-31(30-25)21-8-4-3-5-9-21)17-28-29-26(32)23-10-6-7-11-24(23)27/h3-15,17-18H,2,16H2,1H3,(H,29,32). The Morgan fingerprint density at radius 1 is 1.06 bits per heavy atom. The van der Waals surface area contributed by atoms with Gasteiger partial charge in [0.25, 0.3) is 5.91 Å². The maximum atomic E-state index is 13.8. The quantitative estimate of drug-likeness (QED) is 0.300. The van der Waals surface area contributed by atoms with Crippen molar-refractivity contribution in [2.45, 2.75) is 13.3 Å². The van der Waals surface area contributed by atoms with Crippen molar-refractivity contribution in [2.75, 3.05) is 6.61 Å². The first-order valence-corrected chi connectivity index (χ1v) is 10.6. The molecule has 0 atom stereocenters. The molecule has 1 heterocycles. The Labute approximate surface area is 191 Å². The Bertz CT molecular complexity index is 1250. The van der Waals surface area contributed by atoms with Crippen LogP contribution in [0.15, 0.2) is 90.2 Å². The van der Waals surface area contributed by atoms with Crippen molar-refractivity contribution in [1.29, 1.82) is 0 Å². The van der Waals surface area contributed by atoms with Gasteiger partial charge in [-0.3, -0.25) is 4.79 Å². The first-order chi connectivity index (χ1) is 16.2. The molecule has 0 radical (unpaired) electrons. The first kappa shape index (κ1) is 22.0. The van der Waals surface area contributed by atoms with Gasteiger partial charge >= 0.3 is 0 Å². The number of carbonyl (C=O) groups is 1. The van der Waals surface area contributed by atoms with Crippen molar-refractivity contribution in [3.8, 4) is 22.7 Å². The summed E-state index contributed by atoms with van der Waals surface area (Å²) in [4.78, 5) is 12.3. The number of hydrogen-bond acceptors (Lipinski definition) is 4. The minimum atomic E-state index is -0.626. The van der Waals surface area contributed by atoms with Crippen LogP contribution in [0, 0.1) is 5.82 Å². The Balaban J connectivity index is 1.62. The monoisotopic (exact) mass is 442 g/mol. The van der Waals surface area contributed by atoms with Gasteiger partial charge in [0.1, 0.15) is 17.3 Å². The summed E-state index contributed by atoms with van der Waals surface area (Å²) in [5.41, 5.74) is 5.44. The number of amides is 1. The maximum absolute atomic E-state index is 13.8. The fourth-order valence-electron chi connectivity index (χ4n) is 3.21. The fraction of sp³-hybridized carbons (Fsp3) is 0.115. The number of aromatic nitrogens is 2. The predicted molar refractivity (Wildman–Crippen MR) is 126 cm³/mol. The van der Waals surface area contributed by atoms with Crippen molar-refractivity contribution < 1.29 is 13.9 Å². The van der Waals surface area contributed by atoms with E-state index in [0.29, 0.717) is 17.9 Å². The number of halogens is 1. The zero-order valence-electron chi connectivity index (χ0n) is 18.1. The highest BCUT2D eigenvalue weighted by Crippen LogP contribution is 2.25. The molecule has 0 aliphatic carbocycles. The van der Waals surface area contributed by atoms with E-state index in [9.17, 15) is 9.18 Å². The molecular weight excluding hydrogens is 419 g/mol. The molecule has 0 saturated carbocycles. The van der Waals surface area contributed by atoms with E-state index in [1.54, 1.807) is 10.7 Å². The highest BCUT2D eigenvalue weighted by molar-refractivity contribution is 5.95. The number of nitrogens with zero attached hydrogens (tertiary/aromatic N) is 3. The van der Waals surface area contributed by atoms with Gasteiger partial charge in [-0.15, -0.1) is 0 Å². The normalized spacial score (nSPS) is 11.0. The fourth-order valence-corrected chi connectivity index (χ4v) is 3.21. The minimum Gasteiger partial charge on any atom is -0.494 e. The lowest BCUT2D eigenvalue weighted by atomic mass is 10.1. The third-order valence-corrected chi connectivity index (χ3v) is 4.85. The molecular formula is C26H23FN4O2. The summed E-state index contributed by atoms with van der Waals surface area (Å²) in [6, 6.07) is 23.1. The SMILES string of the molecule is CCCOc1ccc(-c2nn(-c3ccccc3)cc2C=NNC(=O)c2ccccc2F)cc1. The molecule has 0 aliphatic heterocycles. The van der Waals surface area contributed by atoms with Gasteiger partial charge in [-0.2, -0.15) is 10.2 Å². The maximum Gasteiger partial charge on any atom is 0.274 e. The van der Waals surface area contributed by atoms with Gasteiger partial charge in [0.15, 0.2) is 0 Å². The van der Waals surface area contributed by atoms with Crippen molar-refractivity contribution in [3.05, 3.63) is 102 Å². The van der Waals surface area contributed by atoms with Crippen LogP contribution >= 0.6 is 0 Å². The Kier molecular flexibility index (Phi) is 6.90. The minimum absolute atomic E-state index is 0.0717. The Morgan fingerprint density at radius 2 is 1.79 bits per heavy atom. The molecule has 0 saturated heterocycles. The summed E-state index contributed by atoms with van der Waals surface area (Å²) >= 11 is 0. The summed E-state index contributed by atoms with van der Waals surface area (Å²) in [6.45, 7) is 2.71. The van der Waals surface area contributed by atoms with Crippen LogP contribution in [0.25, 0.3) is 16.9 Å². The smallest absolute Gasteiger partial charge is 0.274 e. The van der Waals surface area contributed by atoms with E-state index in [2.05, 4.69) is 17.5 Å². The number of rotatable bonds is 8. The molecule has 3 aromatic carbocycles. The van der Waals surface area contributed by atoms with Crippen LogP contribution < -0.4 is 10.2 Å². The van der Waals surface area contributed by atoms with Crippen LogP contribution in [0.2, 0.25) is 0 Å². The number of nitrogens with one attached hydrogen (secondary N) is 1. The zero-order valence-corrected chi connectivity index (χ0v) is 18.1. The molecule has 4 aromatic rings. The van der Waals surface area contributed by atoms with Gasteiger partial charge in [0, 0.05) is 17.3 Å². The molecule has 4 rings (SSSR count). The van der Waals surface area contributed by atoms with Crippen LogP contribution in [-0.2, 0) is 0 Å². The lowest BCUT2D eigenvalue weighted by molar-refractivity contribution is 0.0951. The van der Waals surface area contributed by atoms with Gasteiger partial charge in [0.05, 0.1) is 24.1 Å². The summed E-state index contributed by atoms with van der Waals surface area (Å²) in [7, 11) is 0. The second-order valence-corrected chi connectivity index (χ2v) is 7.26. The number of benzene rings is 3. The third kappa shape index (κ3) is 5.33. The Hall–Kier alpha value is -4.26. The second kappa shape index (κ2) is 10.4. The van der Waals surface area contributed by atoms with E-state index in [1.807, 2.05) is 60.8 Å². The molecule has 1 N–H and O–H groups in total. The molecule has 0 aliphatic rings. The van der Waals surface area contributed by atoms with Crippen LogP contribution in [0.3, 0.4) is 0 Å². The topological polar surface area (TPSA) is 68.5 Å². The molecule has 0 unspecified atom stereocenters. The van der Waals surface area contributed by atoms with Crippen molar-refractivity contribution >= 4 is 12.1 Å². The van der Waals surface area contributed by atoms with E-state index in [4.69, 9.17) is 9.84 Å². The van der Waals surface area contributed by atoms with Gasteiger partial charge in [-0.05, 0) is 55.0 Å². The lowest BCUT2D eigenvalue weighted by Gasteiger charge is -2.05. The van der Waals surface area contributed by atoms with E-state index in [1.165, 1.54) is 24.4 Å². The predicted octanol–water partition coefficient (Wildman–Crippen LogP) is 5.23. The molecule has 1 amide bonds. The molecule has 166 valence electrons. The van der Waals surface area contributed by atoms with Crippen LogP contribution in [-0.4, -0.2) is 28.5 Å². The van der Waals surface area contributed by atoms with Gasteiger partial charge in [-0.1, -0.05) is 37.3 Å². The summed E-state index contributed by atoms with van der Waals surface area (Å²) in [5, 5.41) is 8.77. The van der Waals surface area contributed by atoms with Crippen LogP contribution in [0.4, 0.5) is 4.39 Å². The van der Waals surface area contributed by atoms with Gasteiger partial charge in [-0.25, -0.2) is 14.5 Å². The van der Waals surface area contributed by atoms with E-state index in [-0.39, 0.29) is 5.56 Å². The van der Waals surface area contributed by atoms with Crippen molar-refractivity contribution in [1.82, 2.24) is 15.2 Å². The van der Waals surface area contributed by atoms with Crippen molar-refractivity contribution in [2.24, 2.45) is 5.10 Å². The van der Waals surface area contributed by atoms with E-state index in [0.717, 1.165) is 23.4 Å². The number of hydrogen-bond donors (Lipinski definition) is 1. The average Bonchev–Trinajstić information content (AvgIpc) is 3.28. The molecule has 33 heavy (non-hydrogen) atoms. The van der Waals surface area contributed by atoms with Crippen molar-refractivity contribution in [3.63, 3.8) is 0 Å². The number of ether oxygens (including phenoxy) is 1. The third-order valence-electron chi connectivity index (χ3n) is 4.85. The number of hydrazone groups is 1. The average molecular weight is 442 g/mol. The largest absolute Gasteiger partial charge is 0.494 e. The summed E-state index contributed by atoms with van der Waals surface area (Å²) < 4.78 is 21.3. The van der Waals surface area contributed by atoms with Gasteiger partial charge < -0.3 is 4.74 Å². The zero-order chi connectivity index (χ0) is 23.0. The molecule has 7 heteroatoms. The molecule has 6 nitrogen and oxygen atoms in total. The van der Waals surface area contributed by atoms with E-state index < -0.39 is 11.7 Å². The molecule has 1 aromatic heterocycles. The van der Waals surface area contributed by atoms with Crippen LogP contribution in [0.1, 0.15) is 29.3 Å². The number of carbonyl (C=O) groups excluding carboxylic acids is 1. The number of para-hydroxylation sites is 1.